The molecule has 1 saturated carbocycles. The number of para-hydroxylation sites is 1. The van der Waals surface area contributed by atoms with Crippen molar-refractivity contribution < 1.29 is 14.3 Å². The number of carbonyl (C=O) groups excluding carboxylic acids is 2. The Morgan fingerprint density at radius 2 is 1.74 bits per heavy atom. The van der Waals surface area contributed by atoms with E-state index in [4.69, 9.17) is 10.5 Å². The molecule has 1 aliphatic carbocycles. The van der Waals surface area contributed by atoms with Gasteiger partial charge in [0, 0.05) is 24.8 Å². The Kier molecular flexibility index (Phi) is 5.60. The number of aromatic nitrogens is 2. The zero-order valence-electron chi connectivity index (χ0n) is 18.4. The number of carbonyl (C=O) groups is 2. The van der Waals surface area contributed by atoms with Crippen LogP contribution in [0.3, 0.4) is 0 Å². The second kappa shape index (κ2) is 8.87. The maximum absolute atomic E-state index is 12.6. The molecule has 34 heavy (non-hydrogen) atoms. The molecule has 1 aromatic heterocycles. The van der Waals surface area contributed by atoms with E-state index in [1.807, 2.05) is 60.7 Å². The number of hydrogen-bond acceptors (Lipinski definition) is 5. The van der Waals surface area contributed by atoms with Gasteiger partial charge in [0.25, 0.3) is 11.8 Å². The molecule has 8 nitrogen and oxygen atoms in total. The first-order chi connectivity index (χ1) is 16.5. The van der Waals surface area contributed by atoms with E-state index in [9.17, 15) is 14.9 Å². The number of amides is 2. The molecule has 2 N–H and O–H groups in total. The minimum atomic E-state index is -0.572. The monoisotopic (exact) mass is 453 g/mol. The van der Waals surface area contributed by atoms with E-state index >= 15 is 0 Å². The molecule has 170 valence electrons. The average Bonchev–Trinajstić information content (AvgIpc) is 3.53. The van der Waals surface area contributed by atoms with Crippen LogP contribution in [0.5, 0.6) is 11.5 Å². The lowest BCUT2D eigenvalue weighted by molar-refractivity contribution is -0.132. The summed E-state index contributed by atoms with van der Waals surface area (Å²) >= 11 is 0. The van der Waals surface area contributed by atoms with Gasteiger partial charge in [0.15, 0.2) is 0 Å². The minimum absolute atomic E-state index is 0.0858. The number of ether oxygens (including phenoxy) is 1. The van der Waals surface area contributed by atoms with Gasteiger partial charge in [0.1, 0.15) is 28.8 Å². The van der Waals surface area contributed by atoms with Crippen LogP contribution in [0.2, 0.25) is 0 Å². The zero-order chi connectivity index (χ0) is 23.7. The molecule has 0 bridgehead atoms. The third kappa shape index (κ3) is 4.41. The highest BCUT2D eigenvalue weighted by Crippen LogP contribution is 2.33. The summed E-state index contributed by atoms with van der Waals surface area (Å²) < 4.78 is 7.51. The van der Waals surface area contributed by atoms with Gasteiger partial charge in [0.2, 0.25) is 0 Å². The number of likely N-dealkylation sites (tertiary alicyclic amines) is 1. The fourth-order valence-corrected chi connectivity index (χ4v) is 3.89. The van der Waals surface area contributed by atoms with Crippen molar-refractivity contribution in [1.29, 1.82) is 5.26 Å². The highest BCUT2D eigenvalue weighted by molar-refractivity contribution is 5.99. The van der Waals surface area contributed by atoms with E-state index in [1.165, 1.54) is 0 Å². The van der Waals surface area contributed by atoms with Crippen LogP contribution < -0.4 is 10.5 Å². The topological polar surface area (TPSA) is 114 Å². The Bertz CT molecular complexity index is 1290. The van der Waals surface area contributed by atoms with Crippen LogP contribution >= 0.6 is 0 Å². The smallest absolute Gasteiger partial charge is 0.264 e. The van der Waals surface area contributed by atoms with Gasteiger partial charge in [-0.05, 0) is 55.2 Å². The van der Waals surface area contributed by atoms with E-state index in [1.54, 1.807) is 21.9 Å². The van der Waals surface area contributed by atoms with Gasteiger partial charge in [-0.2, -0.15) is 10.4 Å². The lowest BCUT2D eigenvalue weighted by Crippen LogP contribution is -2.51. The summed E-state index contributed by atoms with van der Waals surface area (Å²) in [5.41, 5.74) is 7.35. The van der Waals surface area contributed by atoms with Crippen LogP contribution in [0.25, 0.3) is 11.3 Å². The van der Waals surface area contributed by atoms with Crippen LogP contribution in [0.1, 0.15) is 29.2 Å². The van der Waals surface area contributed by atoms with Gasteiger partial charge in [-0.15, -0.1) is 0 Å². The normalized spacial score (nSPS) is 16.0. The van der Waals surface area contributed by atoms with Crippen molar-refractivity contribution >= 4 is 11.8 Å². The van der Waals surface area contributed by atoms with Crippen molar-refractivity contribution in [1.82, 2.24) is 14.7 Å². The second-order valence-electron chi connectivity index (χ2n) is 8.57. The molecule has 2 fully saturated rings. The molecule has 0 spiro atoms. The number of rotatable bonds is 7. The minimum Gasteiger partial charge on any atom is -0.457 e. The van der Waals surface area contributed by atoms with E-state index in [2.05, 4.69) is 5.10 Å². The van der Waals surface area contributed by atoms with Crippen molar-refractivity contribution in [2.24, 2.45) is 11.7 Å². The Hall–Kier alpha value is -4.38. The predicted octanol–water partition coefficient (Wildman–Crippen LogP) is 3.68. The number of benzene rings is 2. The van der Waals surface area contributed by atoms with E-state index in [0.29, 0.717) is 36.0 Å². The number of nitrogens with zero attached hydrogens (tertiary/aromatic N) is 4. The third-order valence-corrected chi connectivity index (χ3v) is 6.00. The van der Waals surface area contributed by atoms with Crippen molar-refractivity contribution in [3.63, 3.8) is 0 Å². The predicted molar refractivity (Wildman–Crippen MR) is 125 cm³/mol. The van der Waals surface area contributed by atoms with Gasteiger partial charge in [0.05, 0.1) is 11.6 Å². The average molecular weight is 454 g/mol. The summed E-state index contributed by atoms with van der Waals surface area (Å²) in [5.74, 6) is 0.926. The molecule has 2 heterocycles. The van der Waals surface area contributed by atoms with Crippen LogP contribution in [0.4, 0.5) is 0 Å². The molecule has 3 aromatic rings. The quantitative estimate of drug-likeness (QED) is 0.433. The summed E-state index contributed by atoms with van der Waals surface area (Å²) in [6.07, 6.45) is 5.47. The van der Waals surface area contributed by atoms with Crippen LogP contribution in [0, 0.1) is 17.2 Å². The Labute approximate surface area is 196 Å². The first kappa shape index (κ1) is 21.5. The number of nitrogens with two attached hydrogens (primary N) is 1. The highest BCUT2D eigenvalue weighted by atomic mass is 16.5. The molecule has 2 aliphatic rings. The zero-order valence-corrected chi connectivity index (χ0v) is 18.4. The molecule has 1 aliphatic heterocycles. The maximum Gasteiger partial charge on any atom is 0.264 e. The number of hydrogen-bond donors (Lipinski definition) is 1. The maximum atomic E-state index is 12.6. The Morgan fingerprint density at radius 1 is 1.06 bits per heavy atom. The van der Waals surface area contributed by atoms with Gasteiger partial charge >= 0.3 is 0 Å². The van der Waals surface area contributed by atoms with Gasteiger partial charge < -0.3 is 15.4 Å². The molecular weight excluding hydrogens is 430 g/mol. The number of primary amides is 1. The van der Waals surface area contributed by atoms with Crippen molar-refractivity contribution in [2.75, 3.05) is 13.1 Å². The standard InChI is InChI=1S/C26H23N5O3/c27-13-19(12-17-6-7-17)26(33)30-14-20(15-30)31-16-23(25(28)32)24(29-31)18-8-10-22(11-9-18)34-21-4-2-1-3-5-21/h1-5,8-12,16-17,20H,6-7,14-15H2,(H2,28,32)/b19-12-. The molecule has 2 aromatic carbocycles. The Morgan fingerprint density at radius 3 is 2.35 bits per heavy atom. The largest absolute Gasteiger partial charge is 0.457 e. The van der Waals surface area contributed by atoms with Crippen LogP contribution in [-0.2, 0) is 4.79 Å². The van der Waals surface area contributed by atoms with E-state index in [-0.39, 0.29) is 17.5 Å². The van der Waals surface area contributed by atoms with Crippen LogP contribution in [0.15, 0.2) is 72.4 Å². The van der Waals surface area contributed by atoms with E-state index < -0.39 is 5.91 Å². The van der Waals surface area contributed by atoms with Crippen molar-refractivity contribution in [2.45, 2.75) is 18.9 Å². The lowest BCUT2D eigenvalue weighted by atomic mass is 10.1. The Balaban J connectivity index is 1.30. The fourth-order valence-electron chi connectivity index (χ4n) is 3.89. The summed E-state index contributed by atoms with van der Waals surface area (Å²) in [5, 5.41) is 13.9. The molecule has 1 saturated heterocycles. The SMILES string of the molecule is N#C/C(=C/C1CC1)C(=O)N1CC(n2cc(C(N)=O)c(-c3ccc(Oc4ccccc4)cc3)n2)C1. The molecule has 8 heteroatoms. The molecular formula is C26H23N5O3. The second-order valence-corrected chi connectivity index (χ2v) is 8.57. The molecule has 0 radical (unpaired) electrons. The molecule has 0 unspecified atom stereocenters. The van der Waals surface area contributed by atoms with Gasteiger partial charge in [-0.1, -0.05) is 24.3 Å². The molecule has 2 amide bonds. The fraction of sp³-hybridized carbons (Fsp3) is 0.231. The highest BCUT2D eigenvalue weighted by Gasteiger charge is 2.35. The summed E-state index contributed by atoms with van der Waals surface area (Å²) in [6.45, 7) is 0.845. The third-order valence-electron chi connectivity index (χ3n) is 6.00. The summed E-state index contributed by atoms with van der Waals surface area (Å²) in [7, 11) is 0. The summed E-state index contributed by atoms with van der Waals surface area (Å²) in [4.78, 5) is 26.3. The van der Waals surface area contributed by atoms with Gasteiger partial charge in [-0.3, -0.25) is 14.3 Å². The molecule has 5 rings (SSSR count). The van der Waals surface area contributed by atoms with E-state index in [0.717, 1.165) is 24.2 Å². The first-order valence-electron chi connectivity index (χ1n) is 11.2. The number of allylic oxidation sites excluding steroid dienone is 1. The van der Waals surface area contributed by atoms with Gasteiger partial charge in [-0.25, -0.2) is 0 Å². The lowest BCUT2D eigenvalue weighted by Gasteiger charge is -2.39. The number of nitriles is 1. The van der Waals surface area contributed by atoms with Crippen molar-refractivity contribution in [3.05, 3.63) is 78.0 Å². The van der Waals surface area contributed by atoms with Crippen LogP contribution in [-0.4, -0.2) is 39.6 Å². The summed E-state index contributed by atoms with van der Waals surface area (Å²) in [6, 6.07) is 18.7. The first-order valence-corrected chi connectivity index (χ1v) is 11.2. The van der Waals surface area contributed by atoms with Crippen molar-refractivity contribution in [3.8, 4) is 28.8 Å². The molecule has 0 atom stereocenters.